The largest absolute Gasteiger partial charge is 0.411 e. The first-order valence-corrected chi connectivity index (χ1v) is 3.43. The highest BCUT2D eigenvalue weighted by molar-refractivity contribution is 5.86. The molecule has 0 saturated carbocycles. The van der Waals surface area contributed by atoms with E-state index in [4.69, 9.17) is 4.74 Å². The average Bonchev–Trinajstić information content (AvgIpc) is 2.43. The van der Waals surface area contributed by atoms with Crippen LogP contribution in [0.4, 0.5) is 0 Å². The molecule has 0 N–H and O–H groups in total. The third-order valence-electron chi connectivity index (χ3n) is 2.02. The number of rotatable bonds is 0. The van der Waals surface area contributed by atoms with E-state index >= 15 is 0 Å². The van der Waals surface area contributed by atoms with Gasteiger partial charge in [0.1, 0.15) is 0 Å². The predicted octanol–water partition coefficient (Wildman–Crippen LogP) is -0.251. The van der Waals surface area contributed by atoms with Gasteiger partial charge in [-0.25, -0.2) is 4.79 Å². The highest BCUT2D eigenvalue weighted by Crippen LogP contribution is 2.06. The topological polar surface area (TPSA) is 35.1 Å². The van der Waals surface area contributed by atoms with Crippen LogP contribution in [0.5, 0.6) is 0 Å². The fourth-order valence-corrected chi connectivity index (χ4v) is 1.23. The molecular weight excluding hydrogens is 144 g/mol. The SMILES string of the molecule is Cc1cc2[n+](n1C)COC2=O. The van der Waals surface area contributed by atoms with Gasteiger partial charge < -0.3 is 4.74 Å². The second-order valence-electron chi connectivity index (χ2n) is 2.65. The van der Waals surface area contributed by atoms with Gasteiger partial charge in [0.15, 0.2) is 0 Å². The van der Waals surface area contributed by atoms with Crippen LogP contribution < -0.4 is 4.68 Å². The molecule has 0 aromatic carbocycles. The zero-order valence-corrected chi connectivity index (χ0v) is 6.50. The highest BCUT2D eigenvalue weighted by Gasteiger charge is 2.33. The Bertz CT molecular complexity index is 327. The molecule has 1 aromatic rings. The number of hydrogen-bond donors (Lipinski definition) is 0. The number of fused-ring (bicyclic) bond motifs is 1. The van der Waals surface area contributed by atoms with E-state index in [1.54, 1.807) is 4.68 Å². The van der Waals surface area contributed by atoms with Gasteiger partial charge >= 0.3 is 18.4 Å². The van der Waals surface area contributed by atoms with Crippen LogP contribution in [0.2, 0.25) is 0 Å². The molecule has 0 spiro atoms. The van der Waals surface area contributed by atoms with Gasteiger partial charge in [0.2, 0.25) is 0 Å². The summed E-state index contributed by atoms with van der Waals surface area (Å²) in [7, 11) is 1.90. The summed E-state index contributed by atoms with van der Waals surface area (Å²) in [5.74, 6) is -0.228. The van der Waals surface area contributed by atoms with Crippen LogP contribution in [0.3, 0.4) is 0 Å². The van der Waals surface area contributed by atoms with Crippen molar-refractivity contribution in [1.29, 1.82) is 0 Å². The quantitative estimate of drug-likeness (QED) is 0.380. The molecule has 4 heteroatoms. The molecule has 0 saturated heterocycles. The van der Waals surface area contributed by atoms with Crippen molar-refractivity contribution in [2.45, 2.75) is 13.7 Å². The first-order valence-electron chi connectivity index (χ1n) is 3.43. The Morgan fingerprint density at radius 1 is 1.73 bits per heavy atom. The monoisotopic (exact) mass is 153 g/mol. The summed E-state index contributed by atoms with van der Waals surface area (Å²) in [5, 5.41) is 0. The van der Waals surface area contributed by atoms with E-state index in [0.717, 1.165) is 5.69 Å². The summed E-state index contributed by atoms with van der Waals surface area (Å²) in [4.78, 5) is 11.0. The maximum atomic E-state index is 11.0. The van der Waals surface area contributed by atoms with Crippen molar-refractivity contribution < 1.29 is 14.2 Å². The fourth-order valence-electron chi connectivity index (χ4n) is 1.23. The average molecular weight is 153 g/mol. The smallest absolute Gasteiger partial charge is 0.395 e. The molecule has 0 aliphatic carbocycles. The number of carbonyl (C=O) groups is 1. The number of ether oxygens (including phenoxy) is 1. The van der Waals surface area contributed by atoms with Gasteiger partial charge in [-0.1, -0.05) is 4.68 Å². The van der Waals surface area contributed by atoms with Crippen molar-refractivity contribution in [2.24, 2.45) is 7.05 Å². The van der Waals surface area contributed by atoms with Crippen LogP contribution in [-0.4, -0.2) is 10.7 Å². The molecule has 2 heterocycles. The number of esters is 1. The van der Waals surface area contributed by atoms with Crippen molar-refractivity contribution in [2.75, 3.05) is 0 Å². The summed E-state index contributed by atoms with van der Waals surface area (Å²) in [6.07, 6.45) is 0. The van der Waals surface area contributed by atoms with E-state index < -0.39 is 0 Å². The van der Waals surface area contributed by atoms with Gasteiger partial charge in [0.05, 0.1) is 12.7 Å². The lowest BCUT2D eigenvalue weighted by molar-refractivity contribution is -0.787. The summed E-state index contributed by atoms with van der Waals surface area (Å²) in [6, 6.07) is 1.83. The molecule has 0 atom stereocenters. The second kappa shape index (κ2) is 1.84. The number of cyclic esters (lactones) is 1. The molecule has 0 radical (unpaired) electrons. The molecule has 1 aliphatic heterocycles. The minimum atomic E-state index is -0.228. The van der Waals surface area contributed by atoms with Gasteiger partial charge in [0.25, 0.3) is 0 Å². The van der Waals surface area contributed by atoms with Gasteiger partial charge in [-0.15, -0.1) is 0 Å². The standard InChI is InChI=1S/C7H9N2O2/c1-5-3-6-7(10)11-4-9(6)8(5)2/h3H,4H2,1-2H3/q+1. The third kappa shape index (κ3) is 0.691. The van der Waals surface area contributed by atoms with Gasteiger partial charge in [-0.3, -0.25) is 0 Å². The highest BCUT2D eigenvalue weighted by atomic mass is 16.6. The van der Waals surface area contributed by atoms with E-state index in [-0.39, 0.29) is 5.97 Å². The molecule has 1 aliphatic rings. The van der Waals surface area contributed by atoms with Crippen LogP contribution in [0.15, 0.2) is 6.07 Å². The molecule has 0 bridgehead atoms. The molecule has 0 unspecified atom stereocenters. The van der Waals surface area contributed by atoms with E-state index in [1.807, 2.05) is 24.7 Å². The number of aryl methyl sites for hydroxylation is 1. The van der Waals surface area contributed by atoms with Gasteiger partial charge in [-0.05, 0) is 6.92 Å². The van der Waals surface area contributed by atoms with Crippen molar-refractivity contribution in [1.82, 2.24) is 4.68 Å². The Hall–Kier alpha value is -1.32. The van der Waals surface area contributed by atoms with Crippen LogP contribution in [0, 0.1) is 6.92 Å². The Morgan fingerprint density at radius 2 is 2.45 bits per heavy atom. The zero-order valence-electron chi connectivity index (χ0n) is 6.50. The molecule has 0 amide bonds. The number of aromatic nitrogens is 2. The first-order chi connectivity index (χ1) is 5.20. The van der Waals surface area contributed by atoms with Crippen molar-refractivity contribution in [3.8, 4) is 0 Å². The molecule has 58 valence electrons. The number of carbonyl (C=O) groups excluding carboxylic acids is 1. The Balaban J connectivity index is 2.66. The number of nitrogens with zero attached hydrogens (tertiary/aromatic N) is 2. The van der Waals surface area contributed by atoms with E-state index in [9.17, 15) is 4.79 Å². The van der Waals surface area contributed by atoms with E-state index in [2.05, 4.69) is 0 Å². The van der Waals surface area contributed by atoms with Crippen molar-refractivity contribution in [3.63, 3.8) is 0 Å². The third-order valence-corrected chi connectivity index (χ3v) is 2.02. The minimum Gasteiger partial charge on any atom is -0.395 e. The molecule has 4 nitrogen and oxygen atoms in total. The van der Waals surface area contributed by atoms with Crippen molar-refractivity contribution in [3.05, 3.63) is 17.5 Å². The molecule has 2 rings (SSSR count). The summed E-state index contributed by atoms with van der Waals surface area (Å²) in [5.41, 5.74) is 1.71. The Morgan fingerprint density at radius 3 is 3.09 bits per heavy atom. The van der Waals surface area contributed by atoms with Crippen LogP contribution in [-0.2, 0) is 18.5 Å². The lowest BCUT2D eigenvalue weighted by Gasteiger charge is -1.91. The first kappa shape index (κ1) is 6.39. The lowest BCUT2D eigenvalue weighted by Crippen LogP contribution is -2.41. The molecule has 1 aromatic heterocycles. The maximum Gasteiger partial charge on any atom is 0.411 e. The van der Waals surface area contributed by atoms with Crippen molar-refractivity contribution >= 4 is 5.97 Å². The van der Waals surface area contributed by atoms with E-state index in [1.165, 1.54) is 0 Å². The fraction of sp³-hybridized carbons (Fsp3) is 0.429. The Labute approximate surface area is 64.0 Å². The molecule has 0 fully saturated rings. The number of hydrogen-bond acceptors (Lipinski definition) is 2. The Kier molecular flexibility index (Phi) is 1.07. The maximum absolute atomic E-state index is 11.0. The summed E-state index contributed by atoms with van der Waals surface area (Å²) < 4.78 is 8.51. The molecular formula is C7H9N2O2+. The van der Waals surface area contributed by atoms with Crippen LogP contribution >= 0.6 is 0 Å². The summed E-state index contributed by atoms with van der Waals surface area (Å²) in [6.45, 7) is 2.30. The normalized spacial score (nSPS) is 14.9. The van der Waals surface area contributed by atoms with E-state index in [0.29, 0.717) is 12.4 Å². The van der Waals surface area contributed by atoms with Crippen LogP contribution in [0.25, 0.3) is 0 Å². The second-order valence-corrected chi connectivity index (χ2v) is 2.65. The van der Waals surface area contributed by atoms with Gasteiger partial charge in [-0.2, -0.15) is 4.68 Å². The summed E-state index contributed by atoms with van der Waals surface area (Å²) >= 11 is 0. The lowest BCUT2D eigenvalue weighted by atomic mass is 10.4. The molecule has 11 heavy (non-hydrogen) atoms. The van der Waals surface area contributed by atoms with Gasteiger partial charge in [0, 0.05) is 6.07 Å². The van der Waals surface area contributed by atoms with Crippen LogP contribution in [0.1, 0.15) is 16.2 Å². The minimum absolute atomic E-state index is 0.228. The zero-order chi connectivity index (χ0) is 8.01. The predicted molar refractivity (Wildman–Crippen MR) is 35.8 cm³/mol.